The van der Waals surface area contributed by atoms with Gasteiger partial charge in [-0.05, 0) is 43.4 Å². The van der Waals surface area contributed by atoms with Gasteiger partial charge in [0.25, 0.3) is 0 Å². The van der Waals surface area contributed by atoms with Crippen molar-refractivity contribution in [2.75, 3.05) is 5.84 Å². The summed E-state index contributed by atoms with van der Waals surface area (Å²) in [4.78, 5) is 4.47. The number of nitrogens with zero attached hydrogens (tertiary/aromatic N) is 2. The van der Waals surface area contributed by atoms with Gasteiger partial charge in [0.2, 0.25) is 0 Å². The van der Waals surface area contributed by atoms with Gasteiger partial charge >= 0.3 is 0 Å². The monoisotopic (exact) mass is 327 g/mol. The number of aliphatic hydroxyl groups excluding tert-OH is 1. The number of hydrogen-bond donors (Lipinski definition) is 2. The summed E-state index contributed by atoms with van der Waals surface area (Å²) in [5.74, 6) is 7.08. The summed E-state index contributed by atoms with van der Waals surface area (Å²) >= 11 is 1.53. The predicted octanol–water partition coefficient (Wildman–Crippen LogP) is 3.94. The molecule has 3 aromatic rings. The van der Waals surface area contributed by atoms with Crippen molar-refractivity contribution in [2.24, 2.45) is 0 Å². The number of fused-ring (bicyclic) bond motifs is 1. The number of rotatable bonds is 3. The maximum absolute atomic E-state index is 9.24. The Morgan fingerprint density at radius 3 is 2.78 bits per heavy atom. The zero-order valence-corrected chi connectivity index (χ0v) is 14.1. The molecular weight excluding hydrogens is 306 g/mol. The van der Waals surface area contributed by atoms with E-state index in [1.165, 1.54) is 53.5 Å². The standard InChI is InChI=1S/C18H21N3OS/c1-11-6-13-8-16(18-20-14(9-22)10-23-18)21(19)17(13)15(7-11)12-4-2-3-5-12/h6-8,10,12,22H,2-5,9,19H2,1H3. The number of aliphatic hydroxyl groups is 1. The summed E-state index contributed by atoms with van der Waals surface area (Å²) in [6, 6.07) is 6.62. The molecule has 3 N–H and O–H groups in total. The fourth-order valence-electron chi connectivity index (χ4n) is 3.77. The van der Waals surface area contributed by atoms with Gasteiger partial charge in [-0.3, -0.25) is 4.68 Å². The van der Waals surface area contributed by atoms with Crippen molar-refractivity contribution in [2.45, 2.75) is 45.1 Å². The van der Waals surface area contributed by atoms with E-state index in [9.17, 15) is 5.11 Å². The molecule has 2 heterocycles. The van der Waals surface area contributed by atoms with Gasteiger partial charge < -0.3 is 10.9 Å². The maximum atomic E-state index is 9.24. The van der Waals surface area contributed by atoms with Crippen molar-refractivity contribution in [3.8, 4) is 10.7 Å². The molecule has 1 aliphatic rings. The normalized spacial score (nSPS) is 15.7. The van der Waals surface area contributed by atoms with E-state index in [0.717, 1.165) is 16.2 Å². The minimum absolute atomic E-state index is 0.0340. The topological polar surface area (TPSA) is 64.1 Å². The second-order valence-corrected chi connectivity index (χ2v) is 7.33. The van der Waals surface area contributed by atoms with Crippen LogP contribution in [-0.4, -0.2) is 14.8 Å². The molecular formula is C18H21N3OS. The first-order valence-corrected chi connectivity index (χ1v) is 9.02. The summed E-state index contributed by atoms with van der Waals surface area (Å²) in [5.41, 5.74) is 5.42. The van der Waals surface area contributed by atoms with Crippen molar-refractivity contribution >= 4 is 22.2 Å². The highest BCUT2D eigenvalue weighted by Crippen LogP contribution is 2.40. The van der Waals surface area contributed by atoms with Crippen LogP contribution in [0.2, 0.25) is 0 Å². The molecule has 0 bridgehead atoms. The third-order valence-corrected chi connectivity index (χ3v) is 5.75. The molecule has 1 saturated carbocycles. The SMILES string of the molecule is Cc1cc(C2CCCC2)c2c(c1)cc(-c1nc(CO)cs1)n2N. The predicted molar refractivity (Wildman–Crippen MR) is 95.1 cm³/mol. The number of nitrogens with two attached hydrogens (primary N) is 1. The number of aromatic nitrogens is 2. The average Bonchev–Trinajstić information content (AvgIpc) is 3.26. The Labute approximate surface area is 139 Å². The zero-order valence-electron chi connectivity index (χ0n) is 13.2. The van der Waals surface area contributed by atoms with E-state index in [1.807, 2.05) is 5.38 Å². The number of aryl methyl sites for hydroxylation is 1. The lowest BCUT2D eigenvalue weighted by Crippen LogP contribution is -2.11. The smallest absolute Gasteiger partial charge is 0.142 e. The van der Waals surface area contributed by atoms with Crippen molar-refractivity contribution < 1.29 is 5.11 Å². The number of thiazole rings is 1. The molecule has 23 heavy (non-hydrogen) atoms. The van der Waals surface area contributed by atoms with E-state index in [4.69, 9.17) is 5.84 Å². The van der Waals surface area contributed by atoms with E-state index >= 15 is 0 Å². The molecule has 0 saturated heterocycles. The molecule has 4 nitrogen and oxygen atoms in total. The number of hydrogen-bond acceptors (Lipinski definition) is 4. The summed E-state index contributed by atoms with van der Waals surface area (Å²) in [7, 11) is 0. The van der Waals surface area contributed by atoms with Crippen LogP contribution in [-0.2, 0) is 6.61 Å². The van der Waals surface area contributed by atoms with E-state index in [2.05, 4.69) is 30.1 Å². The molecule has 0 amide bonds. The van der Waals surface area contributed by atoms with Crippen LogP contribution in [0, 0.1) is 6.92 Å². The minimum Gasteiger partial charge on any atom is -0.390 e. The van der Waals surface area contributed by atoms with Crippen LogP contribution < -0.4 is 5.84 Å². The minimum atomic E-state index is -0.0340. The number of nitrogen functional groups attached to an aromatic ring is 1. The van der Waals surface area contributed by atoms with Crippen LogP contribution >= 0.6 is 11.3 Å². The molecule has 1 aliphatic carbocycles. The highest BCUT2D eigenvalue weighted by atomic mass is 32.1. The van der Waals surface area contributed by atoms with Crippen LogP contribution in [0.5, 0.6) is 0 Å². The summed E-state index contributed by atoms with van der Waals surface area (Å²) < 4.78 is 1.79. The van der Waals surface area contributed by atoms with Crippen molar-refractivity contribution in [1.82, 2.24) is 9.66 Å². The third kappa shape index (κ3) is 2.44. The molecule has 5 heteroatoms. The molecule has 0 atom stereocenters. The first-order chi connectivity index (χ1) is 11.2. The molecule has 2 aromatic heterocycles. The Morgan fingerprint density at radius 2 is 2.09 bits per heavy atom. The van der Waals surface area contributed by atoms with Gasteiger partial charge in [-0.25, -0.2) is 4.98 Å². The van der Waals surface area contributed by atoms with E-state index < -0.39 is 0 Å². The molecule has 0 unspecified atom stereocenters. The highest BCUT2D eigenvalue weighted by Gasteiger charge is 2.23. The van der Waals surface area contributed by atoms with E-state index in [0.29, 0.717) is 11.6 Å². The Hall–Kier alpha value is -1.85. The molecule has 0 radical (unpaired) electrons. The largest absolute Gasteiger partial charge is 0.390 e. The first kappa shape index (κ1) is 14.7. The lowest BCUT2D eigenvalue weighted by Gasteiger charge is -2.14. The van der Waals surface area contributed by atoms with Crippen molar-refractivity contribution in [3.05, 3.63) is 40.4 Å². The van der Waals surface area contributed by atoms with E-state index in [-0.39, 0.29) is 6.61 Å². The molecule has 4 rings (SSSR count). The van der Waals surface area contributed by atoms with Crippen LogP contribution in [0.3, 0.4) is 0 Å². The summed E-state index contributed by atoms with van der Waals surface area (Å²) in [6.45, 7) is 2.12. The van der Waals surface area contributed by atoms with Crippen LogP contribution in [0.1, 0.15) is 48.4 Å². The zero-order chi connectivity index (χ0) is 16.0. The van der Waals surface area contributed by atoms with Crippen LogP contribution in [0.15, 0.2) is 23.6 Å². The van der Waals surface area contributed by atoms with Gasteiger partial charge in [-0.1, -0.05) is 24.5 Å². The van der Waals surface area contributed by atoms with Gasteiger partial charge in [0.15, 0.2) is 0 Å². The Balaban J connectivity index is 1.91. The average molecular weight is 327 g/mol. The molecule has 0 aliphatic heterocycles. The lowest BCUT2D eigenvalue weighted by molar-refractivity contribution is 0.278. The third-order valence-electron chi connectivity index (χ3n) is 4.83. The summed E-state index contributed by atoms with van der Waals surface area (Å²) in [6.07, 6.45) is 5.13. The van der Waals surface area contributed by atoms with E-state index in [1.54, 1.807) is 4.68 Å². The number of benzene rings is 1. The second kappa shape index (κ2) is 5.65. The van der Waals surface area contributed by atoms with Crippen molar-refractivity contribution in [3.63, 3.8) is 0 Å². The quantitative estimate of drug-likeness (QED) is 0.716. The van der Waals surface area contributed by atoms with Gasteiger partial charge in [0, 0.05) is 10.8 Å². The van der Waals surface area contributed by atoms with Gasteiger partial charge in [0.05, 0.1) is 23.5 Å². The molecule has 1 aromatic carbocycles. The maximum Gasteiger partial charge on any atom is 0.142 e. The molecule has 120 valence electrons. The van der Waals surface area contributed by atoms with Crippen molar-refractivity contribution in [1.29, 1.82) is 0 Å². The Morgan fingerprint density at radius 1 is 1.30 bits per heavy atom. The van der Waals surface area contributed by atoms with Crippen LogP contribution in [0.25, 0.3) is 21.6 Å². The summed E-state index contributed by atoms with van der Waals surface area (Å²) in [5, 5.41) is 13.2. The van der Waals surface area contributed by atoms with Gasteiger partial charge in [0.1, 0.15) is 5.01 Å². The highest BCUT2D eigenvalue weighted by molar-refractivity contribution is 7.13. The first-order valence-electron chi connectivity index (χ1n) is 8.14. The Bertz CT molecular complexity index is 859. The fraction of sp³-hybridized carbons (Fsp3) is 0.389. The molecule has 1 fully saturated rings. The van der Waals surface area contributed by atoms with Crippen LogP contribution in [0.4, 0.5) is 0 Å². The lowest BCUT2D eigenvalue weighted by atomic mass is 9.94. The van der Waals surface area contributed by atoms with Gasteiger partial charge in [-0.2, -0.15) is 0 Å². The Kier molecular flexibility index (Phi) is 3.62. The second-order valence-electron chi connectivity index (χ2n) is 6.48. The molecule has 0 spiro atoms. The fourth-order valence-corrected chi connectivity index (χ4v) is 4.59. The van der Waals surface area contributed by atoms with Gasteiger partial charge in [-0.15, -0.1) is 11.3 Å².